The van der Waals surface area contributed by atoms with E-state index in [1.54, 1.807) is 11.3 Å². The Morgan fingerprint density at radius 1 is 1.08 bits per heavy atom. The monoisotopic (exact) mass is 500 g/mol. The van der Waals surface area contributed by atoms with Gasteiger partial charge >= 0.3 is 0 Å². The molecule has 4 aromatic rings. The Labute approximate surface area is 215 Å². The summed E-state index contributed by atoms with van der Waals surface area (Å²) < 4.78 is 5.51. The first-order valence-corrected chi connectivity index (χ1v) is 13.8. The van der Waals surface area contributed by atoms with Gasteiger partial charge in [-0.3, -0.25) is 14.8 Å². The number of hydrogen-bond acceptors (Lipinski definition) is 6. The van der Waals surface area contributed by atoms with Gasteiger partial charge in [-0.1, -0.05) is 12.1 Å². The molecule has 2 aromatic carbocycles. The van der Waals surface area contributed by atoms with E-state index < -0.39 is 0 Å². The number of Topliss-reactive ketones (excluding diaryl/α,β-unsaturated/α-hetero) is 1. The number of ketones is 1. The number of ether oxygens (including phenoxy) is 1. The van der Waals surface area contributed by atoms with Crippen molar-refractivity contribution < 1.29 is 9.53 Å². The number of aromatic amines is 1. The zero-order valence-corrected chi connectivity index (χ0v) is 21.5. The molecule has 4 heterocycles. The normalized spacial score (nSPS) is 17.6. The van der Waals surface area contributed by atoms with E-state index in [1.807, 2.05) is 0 Å². The lowest BCUT2D eigenvalue weighted by Gasteiger charge is -2.30. The first kappa shape index (κ1) is 23.4. The summed E-state index contributed by atoms with van der Waals surface area (Å²) >= 11 is 1.66. The molecule has 2 aliphatic rings. The Morgan fingerprint density at radius 2 is 1.92 bits per heavy atom. The Bertz CT molecular complexity index is 1350. The standard InChI is InChI=1S/C29H32N4O2S/c1-20-16-22(5-7-26(20)32-11-13-35-14-12-32)28-24-17-21(4-6-25(24)30-31-28)18-27(34)29(23-8-15-36-19-23)33-9-2-3-10-33/h4-8,15-17,19,29H,2-3,9-14,18H2,1H3,(H,30,31). The molecule has 7 heteroatoms. The van der Waals surface area contributed by atoms with Crippen LogP contribution < -0.4 is 4.90 Å². The minimum Gasteiger partial charge on any atom is -0.378 e. The van der Waals surface area contributed by atoms with Gasteiger partial charge in [0.15, 0.2) is 5.78 Å². The van der Waals surface area contributed by atoms with Crippen LogP contribution in [0, 0.1) is 6.92 Å². The van der Waals surface area contributed by atoms with Crippen molar-refractivity contribution in [3.05, 3.63) is 69.9 Å². The lowest BCUT2D eigenvalue weighted by Crippen LogP contribution is -2.36. The number of aromatic nitrogens is 2. The van der Waals surface area contributed by atoms with Crippen molar-refractivity contribution in [3.8, 4) is 11.3 Å². The smallest absolute Gasteiger partial charge is 0.158 e. The van der Waals surface area contributed by atoms with E-state index in [2.05, 4.69) is 80.1 Å². The minimum absolute atomic E-state index is 0.145. The highest BCUT2D eigenvalue weighted by molar-refractivity contribution is 7.08. The molecule has 0 amide bonds. The zero-order chi connectivity index (χ0) is 24.5. The molecular formula is C29H32N4O2S. The van der Waals surface area contributed by atoms with Crippen molar-refractivity contribution in [2.24, 2.45) is 0 Å². The maximum absolute atomic E-state index is 13.6. The van der Waals surface area contributed by atoms with Gasteiger partial charge in [-0.2, -0.15) is 16.4 Å². The number of thiophene rings is 1. The molecule has 186 valence electrons. The summed E-state index contributed by atoms with van der Waals surface area (Å²) in [6.07, 6.45) is 2.76. The summed E-state index contributed by atoms with van der Waals surface area (Å²) in [6.45, 7) is 7.55. The second-order valence-corrected chi connectivity index (χ2v) is 10.7. The van der Waals surface area contributed by atoms with Crippen molar-refractivity contribution in [1.82, 2.24) is 15.1 Å². The molecule has 2 aliphatic heterocycles. The number of aryl methyl sites for hydroxylation is 1. The summed E-state index contributed by atoms with van der Waals surface area (Å²) in [4.78, 5) is 18.3. The third-order valence-corrected chi connectivity index (χ3v) is 8.20. The average Bonchev–Trinajstić information content (AvgIpc) is 3.68. The number of morpholine rings is 1. The van der Waals surface area contributed by atoms with Crippen LogP contribution in [0.4, 0.5) is 5.69 Å². The second-order valence-electron chi connectivity index (χ2n) is 9.90. The van der Waals surface area contributed by atoms with E-state index in [9.17, 15) is 4.79 Å². The zero-order valence-electron chi connectivity index (χ0n) is 20.7. The number of benzene rings is 2. The topological polar surface area (TPSA) is 61.5 Å². The number of nitrogens with one attached hydrogen (secondary N) is 1. The molecule has 1 atom stereocenters. The number of hydrogen-bond donors (Lipinski definition) is 1. The fraction of sp³-hybridized carbons (Fsp3) is 0.379. The molecular weight excluding hydrogens is 468 g/mol. The van der Waals surface area contributed by atoms with Crippen molar-refractivity contribution in [1.29, 1.82) is 0 Å². The highest BCUT2D eigenvalue weighted by Gasteiger charge is 2.30. The molecule has 0 bridgehead atoms. The number of carbonyl (C=O) groups excluding carboxylic acids is 1. The summed E-state index contributed by atoms with van der Waals surface area (Å²) in [5.41, 5.74) is 7.68. The maximum atomic E-state index is 13.6. The highest BCUT2D eigenvalue weighted by atomic mass is 32.1. The second kappa shape index (κ2) is 10.2. The van der Waals surface area contributed by atoms with E-state index >= 15 is 0 Å². The first-order chi connectivity index (χ1) is 17.7. The number of fused-ring (bicyclic) bond motifs is 1. The van der Waals surface area contributed by atoms with Gasteiger partial charge in [0.05, 0.1) is 30.5 Å². The third kappa shape index (κ3) is 4.59. The molecule has 0 spiro atoms. The summed E-state index contributed by atoms with van der Waals surface area (Å²) in [5.74, 6) is 0.269. The average molecular weight is 501 g/mol. The van der Waals surface area contributed by atoms with Crippen LogP contribution >= 0.6 is 11.3 Å². The van der Waals surface area contributed by atoms with Crippen LogP contribution in [-0.2, 0) is 16.0 Å². The molecule has 36 heavy (non-hydrogen) atoms. The predicted molar refractivity (Wildman–Crippen MR) is 146 cm³/mol. The van der Waals surface area contributed by atoms with Crippen molar-refractivity contribution in [3.63, 3.8) is 0 Å². The molecule has 2 fully saturated rings. The fourth-order valence-corrected chi connectivity index (χ4v) is 6.36. The molecule has 6 rings (SSSR count). The number of nitrogens with zero attached hydrogens (tertiary/aromatic N) is 3. The SMILES string of the molecule is Cc1cc(-c2n[nH]c3ccc(CC(=O)C(c4ccsc4)N4CCCC4)cc23)ccc1N1CCOCC1. The van der Waals surface area contributed by atoms with Gasteiger partial charge in [0.25, 0.3) is 0 Å². The van der Waals surface area contributed by atoms with Crippen molar-refractivity contribution >= 4 is 33.7 Å². The van der Waals surface area contributed by atoms with Crippen molar-refractivity contribution in [2.75, 3.05) is 44.3 Å². The summed E-state index contributed by atoms with van der Waals surface area (Å²) in [6, 6.07) is 14.8. The highest BCUT2D eigenvalue weighted by Crippen LogP contribution is 2.33. The van der Waals surface area contributed by atoms with Crippen LogP contribution in [0.15, 0.2) is 53.2 Å². The number of likely N-dealkylation sites (tertiary alicyclic amines) is 1. The number of H-pyrrole nitrogens is 1. The third-order valence-electron chi connectivity index (χ3n) is 7.50. The van der Waals surface area contributed by atoms with Crippen LogP contribution in [0.25, 0.3) is 22.2 Å². The van der Waals surface area contributed by atoms with Crippen LogP contribution in [0.5, 0.6) is 0 Å². The van der Waals surface area contributed by atoms with E-state index in [-0.39, 0.29) is 11.8 Å². The lowest BCUT2D eigenvalue weighted by atomic mass is 9.96. The van der Waals surface area contributed by atoms with Gasteiger partial charge in [-0.25, -0.2) is 0 Å². The predicted octanol–water partition coefficient (Wildman–Crippen LogP) is 5.39. The van der Waals surface area contributed by atoms with E-state index in [4.69, 9.17) is 4.74 Å². The quantitative estimate of drug-likeness (QED) is 0.369. The molecule has 2 saturated heterocycles. The van der Waals surface area contributed by atoms with Gasteiger partial charge in [0, 0.05) is 36.1 Å². The molecule has 2 aromatic heterocycles. The Balaban J connectivity index is 1.27. The van der Waals surface area contributed by atoms with E-state index in [0.29, 0.717) is 6.42 Å². The summed E-state index contributed by atoms with van der Waals surface area (Å²) in [5, 5.41) is 13.1. The molecule has 0 saturated carbocycles. The first-order valence-electron chi connectivity index (χ1n) is 12.9. The molecule has 1 N–H and O–H groups in total. The van der Waals surface area contributed by atoms with Crippen LogP contribution in [0.1, 0.15) is 35.6 Å². The Morgan fingerprint density at radius 3 is 2.67 bits per heavy atom. The Hall–Kier alpha value is -3.00. The van der Waals surface area contributed by atoms with Gasteiger partial charge in [0.1, 0.15) is 0 Å². The minimum atomic E-state index is -0.145. The fourth-order valence-electron chi connectivity index (χ4n) is 5.68. The van der Waals surface area contributed by atoms with E-state index in [1.165, 1.54) is 24.1 Å². The number of anilines is 1. The van der Waals surface area contributed by atoms with Crippen molar-refractivity contribution in [2.45, 2.75) is 32.2 Å². The Kier molecular flexibility index (Phi) is 6.61. The van der Waals surface area contributed by atoms with Gasteiger partial charge < -0.3 is 9.64 Å². The molecule has 1 unspecified atom stereocenters. The molecule has 0 aliphatic carbocycles. The summed E-state index contributed by atoms with van der Waals surface area (Å²) in [7, 11) is 0. The van der Waals surface area contributed by atoms with Crippen LogP contribution in [0.3, 0.4) is 0 Å². The lowest BCUT2D eigenvalue weighted by molar-refractivity contribution is -0.123. The van der Waals surface area contributed by atoms with Gasteiger partial charge in [-0.05, 0) is 90.6 Å². The van der Waals surface area contributed by atoms with Gasteiger partial charge in [-0.15, -0.1) is 0 Å². The largest absolute Gasteiger partial charge is 0.378 e. The number of carbonyl (C=O) groups is 1. The number of rotatable bonds is 7. The molecule has 6 nitrogen and oxygen atoms in total. The van der Waals surface area contributed by atoms with E-state index in [0.717, 1.165) is 72.7 Å². The van der Waals surface area contributed by atoms with Gasteiger partial charge in [0.2, 0.25) is 0 Å². The maximum Gasteiger partial charge on any atom is 0.158 e. The molecule has 0 radical (unpaired) electrons. The van der Waals surface area contributed by atoms with Crippen LogP contribution in [0.2, 0.25) is 0 Å². The van der Waals surface area contributed by atoms with Crippen LogP contribution in [-0.4, -0.2) is 60.3 Å².